The Morgan fingerprint density at radius 3 is 2.73 bits per heavy atom. The van der Waals surface area contributed by atoms with Crippen LogP contribution in [0.15, 0.2) is 47.4 Å². The van der Waals surface area contributed by atoms with Gasteiger partial charge < -0.3 is 14.8 Å². The lowest BCUT2D eigenvalue weighted by molar-refractivity contribution is -0.125. The molecule has 10 heteroatoms. The number of halogens is 1. The zero-order valence-electron chi connectivity index (χ0n) is 17.7. The summed E-state index contributed by atoms with van der Waals surface area (Å²) in [5.41, 5.74) is 0.610. The largest absolute Gasteiger partial charge is 0.490 e. The Labute approximate surface area is 194 Å². The molecule has 0 aliphatic carbocycles. The third-order valence-electron chi connectivity index (χ3n) is 4.45. The number of thioether (sulfide) groups is 1. The van der Waals surface area contributed by atoms with Crippen molar-refractivity contribution in [1.29, 1.82) is 5.26 Å². The Morgan fingerprint density at radius 1 is 1.21 bits per heavy atom. The first-order chi connectivity index (χ1) is 15.9. The van der Waals surface area contributed by atoms with Gasteiger partial charge in [-0.15, -0.1) is 0 Å². The fourth-order valence-corrected chi connectivity index (χ4v) is 3.75. The first-order valence-electron chi connectivity index (χ1n) is 9.99. The predicted octanol–water partition coefficient (Wildman–Crippen LogP) is 3.33. The first kappa shape index (κ1) is 23.8. The Bertz CT molecular complexity index is 1150. The maximum absolute atomic E-state index is 13.8. The van der Waals surface area contributed by atoms with Crippen molar-refractivity contribution >= 4 is 34.9 Å². The van der Waals surface area contributed by atoms with Gasteiger partial charge in [0.2, 0.25) is 0 Å². The number of hydrogen-bond acceptors (Lipinski definition) is 7. The molecule has 170 valence electrons. The highest BCUT2D eigenvalue weighted by Crippen LogP contribution is 2.32. The molecular weight excluding hydrogens is 449 g/mol. The van der Waals surface area contributed by atoms with Crippen LogP contribution in [0, 0.1) is 17.1 Å². The van der Waals surface area contributed by atoms with Gasteiger partial charge >= 0.3 is 0 Å². The van der Waals surface area contributed by atoms with Gasteiger partial charge in [0.1, 0.15) is 5.82 Å². The van der Waals surface area contributed by atoms with Crippen LogP contribution < -0.4 is 14.8 Å². The van der Waals surface area contributed by atoms with E-state index in [9.17, 15) is 18.8 Å². The number of amides is 3. The fourth-order valence-electron chi connectivity index (χ4n) is 2.89. The number of carbonyl (C=O) groups is 3. The quantitative estimate of drug-likeness (QED) is 0.561. The fraction of sp³-hybridized carbons (Fsp3) is 0.217. The van der Waals surface area contributed by atoms with Gasteiger partial charge in [-0.05, 0) is 43.0 Å². The zero-order valence-corrected chi connectivity index (χ0v) is 18.5. The summed E-state index contributed by atoms with van der Waals surface area (Å²) < 4.78 is 24.7. The highest BCUT2D eigenvalue weighted by Gasteiger charge is 2.34. The van der Waals surface area contributed by atoms with Gasteiger partial charge in [0, 0.05) is 24.7 Å². The standard InChI is InChI=1S/C23H20FN3O5S/c1-2-31-19-11-15(13-25)7-8-18(19)32-14-21(28)26-9-10-27-22(29)20(33-23(27)30)12-16-5-3-4-6-17(16)24/h3-8,11-12H,2,9-10,14H2,1H3,(H,26,28)/b20-12-. The van der Waals surface area contributed by atoms with Crippen molar-refractivity contribution < 1.29 is 28.2 Å². The molecule has 8 nitrogen and oxygen atoms in total. The van der Waals surface area contributed by atoms with Crippen molar-refractivity contribution in [1.82, 2.24) is 10.2 Å². The highest BCUT2D eigenvalue weighted by molar-refractivity contribution is 8.18. The van der Waals surface area contributed by atoms with E-state index in [1.54, 1.807) is 25.1 Å². The van der Waals surface area contributed by atoms with Crippen LogP contribution in [-0.4, -0.2) is 48.3 Å². The second-order valence-corrected chi connectivity index (χ2v) is 7.69. The molecular formula is C23H20FN3O5S. The number of carbonyl (C=O) groups excluding carboxylic acids is 3. The lowest BCUT2D eigenvalue weighted by Gasteiger charge is -2.14. The van der Waals surface area contributed by atoms with Crippen molar-refractivity contribution in [2.45, 2.75) is 6.92 Å². The number of nitriles is 1. The topological polar surface area (TPSA) is 109 Å². The van der Waals surface area contributed by atoms with E-state index in [-0.39, 0.29) is 30.2 Å². The van der Waals surface area contributed by atoms with E-state index in [1.165, 1.54) is 30.3 Å². The molecule has 0 atom stereocenters. The summed E-state index contributed by atoms with van der Waals surface area (Å²) in [5.74, 6) is -0.835. The number of hydrogen-bond donors (Lipinski definition) is 1. The van der Waals surface area contributed by atoms with Crippen molar-refractivity contribution in [3.05, 3.63) is 64.3 Å². The number of nitrogens with zero attached hydrogens (tertiary/aromatic N) is 2. The monoisotopic (exact) mass is 469 g/mol. The summed E-state index contributed by atoms with van der Waals surface area (Å²) in [6, 6.07) is 12.5. The van der Waals surface area contributed by atoms with Crippen LogP contribution >= 0.6 is 11.8 Å². The van der Waals surface area contributed by atoms with Crippen LogP contribution in [0.4, 0.5) is 9.18 Å². The van der Waals surface area contributed by atoms with E-state index < -0.39 is 22.9 Å². The lowest BCUT2D eigenvalue weighted by atomic mass is 10.2. The number of ether oxygens (including phenoxy) is 2. The number of nitrogens with one attached hydrogen (secondary N) is 1. The molecule has 1 aliphatic rings. The summed E-state index contributed by atoms with van der Waals surface area (Å²) in [4.78, 5) is 37.9. The summed E-state index contributed by atoms with van der Waals surface area (Å²) >= 11 is 0.719. The third kappa shape index (κ3) is 6.11. The van der Waals surface area contributed by atoms with Crippen molar-refractivity contribution in [2.24, 2.45) is 0 Å². The number of imide groups is 1. The van der Waals surface area contributed by atoms with Gasteiger partial charge in [0.05, 0.1) is 23.1 Å². The van der Waals surface area contributed by atoms with Gasteiger partial charge in [0.25, 0.3) is 17.1 Å². The molecule has 0 unspecified atom stereocenters. The molecule has 0 radical (unpaired) electrons. The molecule has 3 amide bonds. The number of benzene rings is 2. The normalized spacial score (nSPS) is 14.3. The SMILES string of the molecule is CCOc1cc(C#N)ccc1OCC(=O)NCCN1C(=O)S/C(=C\c2ccccc2F)C1=O. The van der Waals surface area contributed by atoms with E-state index in [0.717, 1.165) is 16.7 Å². The van der Waals surface area contributed by atoms with Crippen LogP contribution in [0.25, 0.3) is 6.08 Å². The van der Waals surface area contributed by atoms with Gasteiger partial charge in [-0.3, -0.25) is 19.3 Å². The Hall–Kier alpha value is -3.84. The van der Waals surface area contributed by atoms with Crippen LogP contribution in [0.1, 0.15) is 18.1 Å². The Balaban J connectivity index is 1.51. The van der Waals surface area contributed by atoms with Crippen LogP contribution in [0.3, 0.4) is 0 Å². The minimum atomic E-state index is -0.544. The molecule has 1 heterocycles. The molecule has 0 aromatic heterocycles. The average Bonchev–Trinajstić information content (AvgIpc) is 3.07. The molecule has 0 saturated carbocycles. The smallest absolute Gasteiger partial charge is 0.293 e. The minimum absolute atomic E-state index is 0.0267. The molecule has 1 fully saturated rings. The molecule has 1 saturated heterocycles. The highest BCUT2D eigenvalue weighted by atomic mass is 32.2. The molecule has 0 bridgehead atoms. The van der Waals surface area contributed by atoms with Crippen molar-refractivity contribution in [3.63, 3.8) is 0 Å². The van der Waals surface area contributed by atoms with Gasteiger partial charge in [0.15, 0.2) is 18.1 Å². The van der Waals surface area contributed by atoms with E-state index in [0.29, 0.717) is 23.7 Å². The molecule has 1 N–H and O–H groups in total. The second kappa shape index (κ2) is 11.2. The third-order valence-corrected chi connectivity index (χ3v) is 5.36. The molecule has 3 rings (SSSR count). The summed E-state index contributed by atoms with van der Waals surface area (Å²) in [7, 11) is 0. The van der Waals surface area contributed by atoms with E-state index >= 15 is 0 Å². The summed E-state index contributed by atoms with van der Waals surface area (Å²) in [6.07, 6.45) is 1.33. The minimum Gasteiger partial charge on any atom is -0.490 e. The molecule has 0 spiro atoms. The second-order valence-electron chi connectivity index (χ2n) is 6.70. The molecule has 33 heavy (non-hydrogen) atoms. The average molecular weight is 469 g/mol. The van der Waals surface area contributed by atoms with Crippen LogP contribution in [0.5, 0.6) is 11.5 Å². The number of rotatable bonds is 9. The maximum atomic E-state index is 13.8. The van der Waals surface area contributed by atoms with Crippen LogP contribution in [0.2, 0.25) is 0 Å². The van der Waals surface area contributed by atoms with Crippen molar-refractivity contribution in [3.8, 4) is 17.6 Å². The Kier molecular flexibility index (Phi) is 8.05. The zero-order chi connectivity index (χ0) is 23.8. The van der Waals surface area contributed by atoms with Gasteiger partial charge in [-0.2, -0.15) is 5.26 Å². The van der Waals surface area contributed by atoms with E-state index in [4.69, 9.17) is 14.7 Å². The molecule has 2 aromatic rings. The molecule has 1 aliphatic heterocycles. The van der Waals surface area contributed by atoms with E-state index in [2.05, 4.69) is 5.32 Å². The summed E-state index contributed by atoms with van der Waals surface area (Å²) in [5, 5.41) is 11.1. The van der Waals surface area contributed by atoms with Crippen LogP contribution in [-0.2, 0) is 9.59 Å². The van der Waals surface area contributed by atoms with Gasteiger partial charge in [-0.1, -0.05) is 18.2 Å². The predicted molar refractivity (Wildman–Crippen MR) is 120 cm³/mol. The molecule has 2 aromatic carbocycles. The maximum Gasteiger partial charge on any atom is 0.293 e. The Morgan fingerprint density at radius 2 is 2.00 bits per heavy atom. The first-order valence-corrected chi connectivity index (χ1v) is 10.8. The van der Waals surface area contributed by atoms with Gasteiger partial charge in [-0.25, -0.2) is 4.39 Å². The van der Waals surface area contributed by atoms with Crippen molar-refractivity contribution in [2.75, 3.05) is 26.3 Å². The summed E-state index contributed by atoms with van der Waals surface area (Å²) in [6.45, 7) is 1.82. The lowest BCUT2D eigenvalue weighted by Crippen LogP contribution is -2.38. The van der Waals surface area contributed by atoms with E-state index in [1.807, 2.05) is 6.07 Å².